The molecule has 3 nitrogen and oxygen atoms in total. The van der Waals surface area contributed by atoms with Crippen molar-refractivity contribution in [3.63, 3.8) is 0 Å². The SMILES string of the molecule is CC[C@@H](O)c1c[nH]c2cccc(C#N)c12. The van der Waals surface area contributed by atoms with Gasteiger partial charge in [0.2, 0.25) is 0 Å². The van der Waals surface area contributed by atoms with E-state index in [-0.39, 0.29) is 0 Å². The Morgan fingerprint density at radius 2 is 2.33 bits per heavy atom. The van der Waals surface area contributed by atoms with Crippen LogP contribution in [0.1, 0.15) is 30.6 Å². The summed E-state index contributed by atoms with van der Waals surface area (Å²) >= 11 is 0. The lowest BCUT2D eigenvalue weighted by Crippen LogP contribution is -1.94. The van der Waals surface area contributed by atoms with Gasteiger partial charge in [0.05, 0.1) is 17.7 Å². The molecule has 0 fully saturated rings. The van der Waals surface area contributed by atoms with E-state index in [1.165, 1.54) is 0 Å². The average Bonchev–Trinajstić information content (AvgIpc) is 2.71. The molecule has 0 aliphatic heterocycles. The number of nitrogens with zero attached hydrogens (tertiary/aromatic N) is 1. The highest BCUT2D eigenvalue weighted by atomic mass is 16.3. The molecule has 2 N–H and O–H groups in total. The number of rotatable bonds is 2. The van der Waals surface area contributed by atoms with Crippen molar-refractivity contribution in [2.75, 3.05) is 0 Å². The molecule has 1 heterocycles. The first-order chi connectivity index (χ1) is 7.27. The van der Waals surface area contributed by atoms with Crippen molar-refractivity contribution in [3.8, 4) is 6.07 Å². The number of aliphatic hydroxyl groups excluding tert-OH is 1. The number of benzene rings is 1. The molecule has 0 aliphatic rings. The van der Waals surface area contributed by atoms with Crippen LogP contribution in [0.4, 0.5) is 0 Å². The van der Waals surface area contributed by atoms with E-state index in [1.807, 2.05) is 19.1 Å². The third kappa shape index (κ3) is 1.49. The van der Waals surface area contributed by atoms with Crippen LogP contribution in [0.3, 0.4) is 0 Å². The van der Waals surface area contributed by atoms with Gasteiger partial charge >= 0.3 is 0 Å². The highest BCUT2D eigenvalue weighted by Gasteiger charge is 2.13. The van der Waals surface area contributed by atoms with Gasteiger partial charge in [-0.25, -0.2) is 0 Å². The number of aliphatic hydroxyl groups is 1. The minimum atomic E-state index is -0.506. The second-order valence-electron chi connectivity index (χ2n) is 3.51. The van der Waals surface area contributed by atoms with Crippen LogP contribution in [0.25, 0.3) is 10.9 Å². The summed E-state index contributed by atoms with van der Waals surface area (Å²) in [4.78, 5) is 3.07. The van der Waals surface area contributed by atoms with Gasteiger partial charge < -0.3 is 10.1 Å². The number of H-pyrrole nitrogens is 1. The summed E-state index contributed by atoms with van der Waals surface area (Å²) in [5.41, 5.74) is 2.32. The molecule has 1 aromatic carbocycles. The zero-order valence-electron chi connectivity index (χ0n) is 8.49. The maximum absolute atomic E-state index is 9.81. The topological polar surface area (TPSA) is 59.8 Å². The van der Waals surface area contributed by atoms with Crippen LogP contribution in [0.2, 0.25) is 0 Å². The quantitative estimate of drug-likeness (QED) is 0.782. The van der Waals surface area contributed by atoms with Gasteiger partial charge in [0.15, 0.2) is 0 Å². The summed E-state index contributed by atoms with van der Waals surface area (Å²) < 4.78 is 0. The molecule has 0 saturated heterocycles. The van der Waals surface area contributed by atoms with Crippen LogP contribution in [0.15, 0.2) is 24.4 Å². The average molecular weight is 200 g/mol. The van der Waals surface area contributed by atoms with Gasteiger partial charge in [-0.2, -0.15) is 5.26 Å². The summed E-state index contributed by atoms with van der Waals surface area (Å²) in [6.07, 6.45) is 1.92. The van der Waals surface area contributed by atoms with Gasteiger partial charge in [0, 0.05) is 22.7 Å². The number of aromatic amines is 1. The summed E-state index contributed by atoms with van der Waals surface area (Å²) in [5.74, 6) is 0. The van der Waals surface area contributed by atoms with E-state index in [9.17, 15) is 5.11 Å². The summed E-state index contributed by atoms with van der Waals surface area (Å²) in [5, 5.41) is 19.6. The number of nitriles is 1. The van der Waals surface area contributed by atoms with Gasteiger partial charge in [-0.05, 0) is 18.6 Å². The van der Waals surface area contributed by atoms with E-state index in [2.05, 4.69) is 11.1 Å². The molecule has 0 saturated carbocycles. The summed E-state index contributed by atoms with van der Waals surface area (Å²) in [7, 11) is 0. The zero-order valence-corrected chi connectivity index (χ0v) is 8.49. The standard InChI is InChI=1S/C12H12N2O/c1-2-11(15)9-7-14-10-5-3-4-8(6-13)12(9)10/h3-5,7,11,14-15H,2H2,1H3/t11-/m1/s1. The monoisotopic (exact) mass is 200 g/mol. The molecule has 1 aromatic heterocycles. The van der Waals surface area contributed by atoms with E-state index in [0.29, 0.717) is 12.0 Å². The Labute approximate surface area is 88.0 Å². The Morgan fingerprint density at radius 1 is 1.53 bits per heavy atom. The molecule has 2 rings (SSSR count). The van der Waals surface area contributed by atoms with Crippen LogP contribution in [0, 0.1) is 11.3 Å². The van der Waals surface area contributed by atoms with Gasteiger partial charge in [-0.3, -0.25) is 0 Å². The van der Waals surface area contributed by atoms with Crippen LogP contribution in [-0.4, -0.2) is 10.1 Å². The highest BCUT2D eigenvalue weighted by molar-refractivity contribution is 5.89. The lowest BCUT2D eigenvalue weighted by molar-refractivity contribution is 0.175. The molecule has 15 heavy (non-hydrogen) atoms. The van der Waals surface area contributed by atoms with E-state index < -0.39 is 6.10 Å². The summed E-state index contributed by atoms with van der Waals surface area (Å²) in [6.45, 7) is 1.92. The molecule has 0 unspecified atom stereocenters. The van der Waals surface area contributed by atoms with E-state index >= 15 is 0 Å². The number of nitrogens with one attached hydrogen (secondary N) is 1. The van der Waals surface area contributed by atoms with Crippen molar-refractivity contribution in [2.45, 2.75) is 19.4 Å². The van der Waals surface area contributed by atoms with Crippen LogP contribution in [0.5, 0.6) is 0 Å². The first kappa shape index (κ1) is 9.75. The third-order valence-corrected chi connectivity index (χ3v) is 2.60. The van der Waals surface area contributed by atoms with Crippen molar-refractivity contribution >= 4 is 10.9 Å². The smallest absolute Gasteiger partial charge is 0.0998 e. The molecule has 0 spiro atoms. The fourth-order valence-corrected chi connectivity index (χ4v) is 1.79. The minimum Gasteiger partial charge on any atom is -0.388 e. The molecule has 2 aromatic rings. The second-order valence-corrected chi connectivity index (χ2v) is 3.51. The zero-order chi connectivity index (χ0) is 10.8. The van der Waals surface area contributed by atoms with Crippen LogP contribution >= 0.6 is 0 Å². The number of fused-ring (bicyclic) bond motifs is 1. The summed E-state index contributed by atoms with van der Waals surface area (Å²) in [6, 6.07) is 7.65. The van der Waals surface area contributed by atoms with E-state index in [0.717, 1.165) is 16.5 Å². The number of hydrogen-bond acceptors (Lipinski definition) is 2. The van der Waals surface area contributed by atoms with Gasteiger partial charge in [0.25, 0.3) is 0 Å². The van der Waals surface area contributed by atoms with Crippen molar-refractivity contribution < 1.29 is 5.11 Å². The largest absolute Gasteiger partial charge is 0.388 e. The molecular formula is C12H12N2O. The molecule has 3 heteroatoms. The predicted molar refractivity (Wildman–Crippen MR) is 58.3 cm³/mol. The minimum absolute atomic E-state index is 0.506. The second kappa shape index (κ2) is 3.76. The number of hydrogen-bond donors (Lipinski definition) is 2. The Kier molecular flexibility index (Phi) is 2.44. The maximum Gasteiger partial charge on any atom is 0.0998 e. The van der Waals surface area contributed by atoms with E-state index in [1.54, 1.807) is 12.3 Å². The van der Waals surface area contributed by atoms with Gasteiger partial charge in [-0.15, -0.1) is 0 Å². The maximum atomic E-state index is 9.81. The molecule has 0 amide bonds. The normalized spacial score (nSPS) is 12.6. The first-order valence-electron chi connectivity index (χ1n) is 4.96. The van der Waals surface area contributed by atoms with Gasteiger partial charge in [0.1, 0.15) is 0 Å². The Hall–Kier alpha value is -1.79. The Balaban J connectivity index is 2.72. The molecule has 0 aliphatic carbocycles. The van der Waals surface area contributed by atoms with E-state index in [4.69, 9.17) is 5.26 Å². The van der Waals surface area contributed by atoms with Crippen LogP contribution < -0.4 is 0 Å². The molecular weight excluding hydrogens is 188 g/mol. The Bertz CT molecular complexity index is 522. The molecule has 0 radical (unpaired) electrons. The fraction of sp³-hybridized carbons (Fsp3) is 0.250. The van der Waals surface area contributed by atoms with Crippen LogP contribution in [-0.2, 0) is 0 Å². The lowest BCUT2D eigenvalue weighted by Gasteiger charge is -2.06. The first-order valence-corrected chi connectivity index (χ1v) is 4.96. The number of aromatic nitrogens is 1. The van der Waals surface area contributed by atoms with Crippen molar-refractivity contribution in [2.24, 2.45) is 0 Å². The molecule has 76 valence electrons. The molecule has 0 bridgehead atoms. The highest BCUT2D eigenvalue weighted by Crippen LogP contribution is 2.28. The van der Waals surface area contributed by atoms with Crippen molar-refractivity contribution in [1.29, 1.82) is 5.26 Å². The lowest BCUT2D eigenvalue weighted by atomic mass is 10.0. The van der Waals surface area contributed by atoms with Crippen molar-refractivity contribution in [1.82, 2.24) is 4.98 Å². The van der Waals surface area contributed by atoms with Gasteiger partial charge in [-0.1, -0.05) is 13.0 Å². The van der Waals surface area contributed by atoms with Crippen molar-refractivity contribution in [3.05, 3.63) is 35.5 Å². The molecule has 1 atom stereocenters. The Morgan fingerprint density at radius 3 is 3.00 bits per heavy atom. The predicted octanol–water partition coefficient (Wildman–Crippen LogP) is 2.48. The third-order valence-electron chi connectivity index (χ3n) is 2.60. The fourth-order valence-electron chi connectivity index (χ4n) is 1.79.